The van der Waals surface area contributed by atoms with Gasteiger partial charge in [0, 0.05) is 20.1 Å². The summed E-state index contributed by atoms with van der Waals surface area (Å²) in [5, 5.41) is 0.607. The number of carbonyl (C=O) groups excluding carboxylic acids is 1. The lowest BCUT2D eigenvalue weighted by atomic mass is 10.2. The average Bonchev–Trinajstić information content (AvgIpc) is 2.94. The van der Waals surface area contributed by atoms with Crippen LogP contribution in [0, 0.1) is 5.82 Å². The lowest BCUT2D eigenvalue weighted by Gasteiger charge is -2.21. The van der Waals surface area contributed by atoms with Gasteiger partial charge in [0.05, 0.1) is 17.9 Å². The van der Waals surface area contributed by atoms with Crippen molar-refractivity contribution in [3.05, 3.63) is 24.0 Å². The number of nitrogens with zero attached hydrogens (tertiary/aromatic N) is 3. The van der Waals surface area contributed by atoms with E-state index in [1.807, 2.05) is 11.9 Å². The topological polar surface area (TPSA) is 36.0 Å². The Hall–Kier alpha value is -1.89. The molecule has 1 unspecified atom stereocenters. The molecule has 2 aliphatic rings. The van der Waals surface area contributed by atoms with Gasteiger partial charge in [0.15, 0.2) is 5.11 Å². The molecule has 3 rings (SSSR count). The quantitative estimate of drug-likeness (QED) is 0.783. The van der Waals surface area contributed by atoms with Gasteiger partial charge in [0.1, 0.15) is 11.9 Å². The molecule has 0 spiro atoms. The Morgan fingerprint density at radius 3 is 2.62 bits per heavy atom. The summed E-state index contributed by atoms with van der Waals surface area (Å²) < 4.78 is 19.4. The zero-order valence-corrected chi connectivity index (χ0v) is 12.7. The van der Waals surface area contributed by atoms with Gasteiger partial charge in [-0.15, -0.1) is 0 Å². The molecule has 112 valence electrons. The normalized spacial score (nSPS) is 22.2. The predicted octanol–water partition coefficient (Wildman–Crippen LogP) is 2.21. The van der Waals surface area contributed by atoms with Crippen LogP contribution < -0.4 is 9.80 Å². The minimum atomic E-state index is -0.439. The minimum Gasteiger partial charge on any atom is -0.444 e. The number of anilines is 2. The molecule has 5 nitrogen and oxygen atoms in total. The van der Waals surface area contributed by atoms with E-state index in [2.05, 4.69) is 0 Å². The second-order valence-electron chi connectivity index (χ2n) is 5.30. The van der Waals surface area contributed by atoms with Crippen LogP contribution in [0.25, 0.3) is 0 Å². The van der Waals surface area contributed by atoms with Crippen LogP contribution in [0.2, 0.25) is 0 Å². The molecule has 0 saturated carbocycles. The average molecular weight is 309 g/mol. The molecule has 2 saturated heterocycles. The summed E-state index contributed by atoms with van der Waals surface area (Å²) in [7, 11) is 1.89. The molecule has 0 radical (unpaired) electrons. The fraction of sp³-hybridized carbons (Fsp3) is 0.429. The summed E-state index contributed by atoms with van der Waals surface area (Å²) in [6.45, 7) is 3.67. The first-order valence-electron chi connectivity index (χ1n) is 6.77. The molecular formula is C14H16FN3O2S. The van der Waals surface area contributed by atoms with Gasteiger partial charge in [-0.05, 0) is 37.3 Å². The maximum Gasteiger partial charge on any atom is 0.414 e. The largest absolute Gasteiger partial charge is 0.444 e. The fourth-order valence-corrected chi connectivity index (χ4v) is 2.85. The Bertz CT molecular complexity index is 610. The van der Waals surface area contributed by atoms with Crippen LogP contribution in [-0.4, -0.2) is 48.9 Å². The van der Waals surface area contributed by atoms with Crippen LogP contribution in [0.15, 0.2) is 18.2 Å². The number of thiocarbonyl (C=S) groups is 1. The van der Waals surface area contributed by atoms with E-state index in [4.69, 9.17) is 17.0 Å². The summed E-state index contributed by atoms with van der Waals surface area (Å²) in [5.74, 6) is -0.391. The van der Waals surface area contributed by atoms with Gasteiger partial charge >= 0.3 is 6.09 Å². The number of benzene rings is 1. The van der Waals surface area contributed by atoms with Crippen molar-refractivity contribution in [2.75, 3.05) is 36.5 Å². The maximum atomic E-state index is 14.4. The molecule has 2 aliphatic heterocycles. The molecule has 1 aromatic carbocycles. The van der Waals surface area contributed by atoms with E-state index in [1.54, 1.807) is 24.0 Å². The van der Waals surface area contributed by atoms with E-state index >= 15 is 0 Å². The number of hydrogen-bond donors (Lipinski definition) is 0. The number of likely N-dealkylation sites (N-methyl/N-ethyl adjacent to an activating group) is 1. The summed E-state index contributed by atoms with van der Waals surface area (Å²) in [4.78, 5) is 16.8. The Balaban J connectivity index is 1.87. The lowest BCUT2D eigenvalue weighted by molar-refractivity contribution is 0.150. The van der Waals surface area contributed by atoms with Gasteiger partial charge in [-0.3, -0.25) is 4.90 Å². The monoisotopic (exact) mass is 309 g/mol. The van der Waals surface area contributed by atoms with Gasteiger partial charge < -0.3 is 14.5 Å². The van der Waals surface area contributed by atoms with Crippen molar-refractivity contribution in [3.63, 3.8) is 0 Å². The van der Waals surface area contributed by atoms with Crippen LogP contribution in [0.3, 0.4) is 0 Å². The standard InChI is InChI=1S/C14H16FN3O2S/c1-9-8-18(14(19)20-9)10-3-4-12(11(15)7-10)17-6-5-16(2)13(17)21/h3-4,7,9H,5-6,8H2,1-2H3. The van der Waals surface area contributed by atoms with Gasteiger partial charge in [-0.2, -0.15) is 0 Å². The summed E-state index contributed by atoms with van der Waals surface area (Å²) in [6, 6.07) is 4.74. The molecule has 2 fully saturated rings. The van der Waals surface area contributed by atoms with Gasteiger partial charge in [0.2, 0.25) is 0 Å². The first-order chi connectivity index (χ1) is 9.97. The molecule has 0 N–H and O–H groups in total. The second kappa shape index (κ2) is 5.14. The maximum absolute atomic E-state index is 14.4. The van der Waals surface area contributed by atoms with Gasteiger partial charge in [-0.25, -0.2) is 9.18 Å². The fourth-order valence-electron chi connectivity index (χ4n) is 2.57. The molecule has 1 atom stereocenters. The third-order valence-electron chi connectivity index (χ3n) is 3.71. The molecule has 0 bridgehead atoms. The van der Waals surface area contributed by atoms with Crippen LogP contribution in [0.1, 0.15) is 6.92 Å². The molecule has 0 aliphatic carbocycles. The number of carbonyl (C=O) groups is 1. The number of hydrogen-bond acceptors (Lipinski definition) is 3. The van der Waals surface area contributed by atoms with E-state index in [1.165, 1.54) is 11.0 Å². The van der Waals surface area contributed by atoms with Crippen molar-refractivity contribution in [2.24, 2.45) is 0 Å². The molecule has 0 aromatic heterocycles. The van der Waals surface area contributed by atoms with Crippen molar-refractivity contribution in [2.45, 2.75) is 13.0 Å². The Morgan fingerprint density at radius 1 is 1.33 bits per heavy atom. The smallest absolute Gasteiger partial charge is 0.414 e. The molecule has 21 heavy (non-hydrogen) atoms. The van der Waals surface area contributed by atoms with Crippen LogP contribution in [0.5, 0.6) is 0 Å². The highest BCUT2D eigenvalue weighted by Gasteiger charge is 2.31. The lowest BCUT2D eigenvalue weighted by Crippen LogP contribution is -2.30. The van der Waals surface area contributed by atoms with E-state index in [0.717, 1.165) is 6.54 Å². The van der Waals surface area contributed by atoms with Crippen molar-refractivity contribution in [1.29, 1.82) is 0 Å². The molecule has 1 amide bonds. The highest BCUT2D eigenvalue weighted by molar-refractivity contribution is 7.80. The van der Waals surface area contributed by atoms with Gasteiger partial charge in [0.25, 0.3) is 0 Å². The van der Waals surface area contributed by atoms with E-state index in [-0.39, 0.29) is 6.10 Å². The van der Waals surface area contributed by atoms with Crippen molar-refractivity contribution < 1.29 is 13.9 Å². The Kier molecular flexibility index (Phi) is 3.44. The third kappa shape index (κ3) is 2.42. The van der Waals surface area contributed by atoms with Gasteiger partial charge in [-0.1, -0.05) is 0 Å². The van der Waals surface area contributed by atoms with Crippen LogP contribution >= 0.6 is 12.2 Å². The zero-order valence-electron chi connectivity index (χ0n) is 11.9. The highest BCUT2D eigenvalue weighted by Crippen LogP contribution is 2.29. The predicted molar refractivity (Wildman–Crippen MR) is 82.3 cm³/mol. The molecule has 2 heterocycles. The second-order valence-corrected chi connectivity index (χ2v) is 5.66. The van der Waals surface area contributed by atoms with Crippen molar-refractivity contribution in [3.8, 4) is 0 Å². The summed E-state index contributed by atoms with van der Waals surface area (Å²) in [5.41, 5.74) is 0.942. The van der Waals surface area contributed by atoms with E-state index in [0.29, 0.717) is 29.6 Å². The first kappa shape index (κ1) is 14.1. The Morgan fingerprint density at radius 2 is 2.10 bits per heavy atom. The summed E-state index contributed by atoms with van der Waals surface area (Å²) in [6.07, 6.45) is -0.619. The zero-order chi connectivity index (χ0) is 15.1. The minimum absolute atomic E-state index is 0.181. The molecule has 1 aromatic rings. The van der Waals surface area contributed by atoms with Crippen molar-refractivity contribution in [1.82, 2.24) is 4.90 Å². The number of amides is 1. The van der Waals surface area contributed by atoms with E-state index < -0.39 is 11.9 Å². The van der Waals surface area contributed by atoms with Crippen LogP contribution in [-0.2, 0) is 4.74 Å². The molecular weight excluding hydrogens is 293 g/mol. The first-order valence-corrected chi connectivity index (χ1v) is 7.18. The molecule has 7 heteroatoms. The number of rotatable bonds is 2. The number of halogens is 1. The highest BCUT2D eigenvalue weighted by atomic mass is 32.1. The van der Waals surface area contributed by atoms with Crippen molar-refractivity contribution >= 4 is 34.8 Å². The Labute approximate surface area is 127 Å². The number of cyclic esters (lactones) is 1. The number of ether oxygens (including phenoxy) is 1. The summed E-state index contributed by atoms with van der Waals surface area (Å²) >= 11 is 5.28. The van der Waals surface area contributed by atoms with E-state index in [9.17, 15) is 9.18 Å². The third-order valence-corrected chi connectivity index (χ3v) is 4.24. The van der Waals surface area contributed by atoms with Crippen LogP contribution in [0.4, 0.5) is 20.6 Å². The SMILES string of the molecule is CC1CN(c2ccc(N3CCN(C)C3=S)c(F)c2)C(=O)O1.